The van der Waals surface area contributed by atoms with Gasteiger partial charge in [-0.25, -0.2) is 0 Å². The van der Waals surface area contributed by atoms with E-state index in [0.717, 1.165) is 56.6 Å². The monoisotopic (exact) mass is 428 g/mol. The van der Waals surface area contributed by atoms with Crippen LogP contribution in [-0.2, 0) is 11.3 Å². The minimum absolute atomic E-state index is 0.0417. The third-order valence-electron chi connectivity index (χ3n) is 7.20. The fourth-order valence-corrected chi connectivity index (χ4v) is 5.18. The molecule has 170 valence electrons. The van der Waals surface area contributed by atoms with E-state index < -0.39 is 5.54 Å². The van der Waals surface area contributed by atoms with Crippen LogP contribution in [0.2, 0.25) is 0 Å². The summed E-state index contributed by atoms with van der Waals surface area (Å²) in [6.45, 7) is 11.6. The first-order valence-electron chi connectivity index (χ1n) is 11.8. The van der Waals surface area contributed by atoms with Crippen molar-refractivity contribution >= 4 is 22.9 Å². The number of nitrogens with one attached hydrogen (secondary N) is 1. The van der Waals surface area contributed by atoms with E-state index in [9.17, 15) is 9.59 Å². The molecule has 7 nitrogen and oxygen atoms in total. The lowest BCUT2D eigenvalue weighted by molar-refractivity contribution is -0.133. The predicted octanol–water partition coefficient (Wildman–Crippen LogP) is 3.55. The average Bonchev–Trinajstić information content (AvgIpc) is 3.28. The van der Waals surface area contributed by atoms with E-state index in [-0.39, 0.29) is 17.9 Å². The normalized spacial score (nSPS) is 22.4. The third-order valence-corrected chi connectivity index (χ3v) is 7.20. The quantitative estimate of drug-likeness (QED) is 0.732. The average molecular weight is 429 g/mol. The van der Waals surface area contributed by atoms with Gasteiger partial charge >= 0.3 is 0 Å². The minimum atomic E-state index is -0.939. The molecule has 1 aliphatic heterocycles. The van der Waals surface area contributed by atoms with Gasteiger partial charge in [-0.2, -0.15) is 0 Å². The summed E-state index contributed by atoms with van der Waals surface area (Å²) in [4.78, 5) is 31.4. The number of aromatic nitrogens is 1. The minimum Gasteiger partial charge on any atom is -0.460 e. The van der Waals surface area contributed by atoms with E-state index in [1.165, 1.54) is 6.42 Å². The van der Waals surface area contributed by atoms with Gasteiger partial charge in [0.25, 0.3) is 5.91 Å². The van der Waals surface area contributed by atoms with Gasteiger partial charge in [-0.15, -0.1) is 0 Å². The van der Waals surface area contributed by atoms with Crippen molar-refractivity contribution in [1.82, 2.24) is 19.7 Å². The fraction of sp³-hybridized carbons (Fsp3) is 0.667. The standard InChI is InChI=1S/C24H36N4O3/c1-5-26(6-2)12-13-28-22(29)20-15-21-19(14-17(3)31-21)27(20)16-24(28,4)23(30)25-18-10-8-7-9-11-18/h14-15,18H,5-13,16H2,1-4H3,(H,25,30). The molecule has 0 saturated heterocycles. The van der Waals surface area contributed by atoms with Gasteiger partial charge in [0.15, 0.2) is 5.58 Å². The van der Waals surface area contributed by atoms with E-state index in [4.69, 9.17) is 4.42 Å². The summed E-state index contributed by atoms with van der Waals surface area (Å²) in [6, 6.07) is 3.99. The van der Waals surface area contributed by atoms with Crippen LogP contribution in [0, 0.1) is 6.92 Å². The molecule has 0 bridgehead atoms. The summed E-state index contributed by atoms with van der Waals surface area (Å²) in [5.41, 5.74) is 1.27. The number of amides is 2. The van der Waals surface area contributed by atoms with Gasteiger partial charge in [-0.05, 0) is 39.8 Å². The molecule has 4 rings (SSSR count). The first kappa shape index (κ1) is 21.9. The van der Waals surface area contributed by atoms with Gasteiger partial charge in [0.1, 0.15) is 17.0 Å². The highest BCUT2D eigenvalue weighted by molar-refractivity contribution is 6.03. The van der Waals surface area contributed by atoms with Crippen LogP contribution in [-0.4, -0.2) is 63.9 Å². The van der Waals surface area contributed by atoms with Crippen LogP contribution in [0.4, 0.5) is 0 Å². The molecule has 0 spiro atoms. The summed E-state index contributed by atoms with van der Waals surface area (Å²) < 4.78 is 7.76. The molecule has 2 aliphatic rings. The number of carbonyl (C=O) groups is 2. The molecule has 0 radical (unpaired) electrons. The Hall–Kier alpha value is -2.28. The van der Waals surface area contributed by atoms with Crippen LogP contribution >= 0.6 is 0 Å². The summed E-state index contributed by atoms with van der Waals surface area (Å²) in [5, 5.41) is 3.29. The highest BCUT2D eigenvalue weighted by Crippen LogP contribution is 2.34. The summed E-state index contributed by atoms with van der Waals surface area (Å²) in [5.74, 6) is 0.675. The number of nitrogens with zero attached hydrogens (tertiary/aromatic N) is 3. The van der Waals surface area contributed by atoms with E-state index in [1.807, 2.05) is 30.5 Å². The lowest BCUT2D eigenvalue weighted by Gasteiger charge is -2.45. The zero-order valence-electron chi connectivity index (χ0n) is 19.4. The molecule has 2 amide bonds. The molecule has 1 aliphatic carbocycles. The number of rotatable bonds is 7. The Labute approximate surface area is 184 Å². The Morgan fingerprint density at radius 1 is 1.23 bits per heavy atom. The van der Waals surface area contributed by atoms with Gasteiger partial charge < -0.3 is 24.1 Å². The van der Waals surface area contributed by atoms with Crippen molar-refractivity contribution in [3.63, 3.8) is 0 Å². The molecule has 31 heavy (non-hydrogen) atoms. The predicted molar refractivity (Wildman–Crippen MR) is 121 cm³/mol. The number of carbonyl (C=O) groups excluding carboxylic acids is 2. The van der Waals surface area contributed by atoms with Gasteiger partial charge in [-0.1, -0.05) is 33.1 Å². The summed E-state index contributed by atoms with van der Waals surface area (Å²) in [6.07, 6.45) is 5.60. The second kappa shape index (κ2) is 8.69. The van der Waals surface area contributed by atoms with Gasteiger partial charge in [0.05, 0.1) is 12.1 Å². The number of likely N-dealkylation sites (N-methyl/N-ethyl adjacent to an activating group) is 1. The third kappa shape index (κ3) is 4.00. The topological polar surface area (TPSA) is 70.7 Å². The zero-order chi connectivity index (χ0) is 22.2. The maximum Gasteiger partial charge on any atom is 0.271 e. The number of furan rings is 1. The maximum absolute atomic E-state index is 13.6. The smallest absolute Gasteiger partial charge is 0.271 e. The van der Waals surface area contributed by atoms with Crippen LogP contribution < -0.4 is 5.32 Å². The molecule has 7 heteroatoms. The Kier molecular flexibility index (Phi) is 6.15. The Bertz CT molecular complexity index is 952. The fourth-order valence-electron chi connectivity index (χ4n) is 5.18. The van der Waals surface area contributed by atoms with Gasteiger partial charge in [0.2, 0.25) is 5.91 Å². The van der Waals surface area contributed by atoms with Gasteiger partial charge in [0, 0.05) is 31.3 Å². The molecule has 1 saturated carbocycles. The van der Waals surface area contributed by atoms with Crippen LogP contribution in [0.5, 0.6) is 0 Å². The van der Waals surface area contributed by atoms with Crippen molar-refractivity contribution in [2.45, 2.75) is 77.9 Å². The van der Waals surface area contributed by atoms with Crippen LogP contribution in [0.25, 0.3) is 11.1 Å². The molecule has 1 unspecified atom stereocenters. The lowest BCUT2D eigenvalue weighted by Crippen LogP contribution is -2.65. The molecular weight excluding hydrogens is 392 g/mol. The number of hydrogen-bond donors (Lipinski definition) is 1. The van der Waals surface area contributed by atoms with Crippen molar-refractivity contribution in [2.75, 3.05) is 26.2 Å². The van der Waals surface area contributed by atoms with Crippen molar-refractivity contribution in [2.24, 2.45) is 0 Å². The Balaban J connectivity index is 1.67. The largest absolute Gasteiger partial charge is 0.460 e. The van der Waals surface area contributed by atoms with E-state index in [0.29, 0.717) is 24.4 Å². The first-order valence-corrected chi connectivity index (χ1v) is 11.8. The summed E-state index contributed by atoms with van der Waals surface area (Å²) in [7, 11) is 0. The Morgan fingerprint density at radius 2 is 1.94 bits per heavy atom. The molecule has 2 aromatic heterocycles. The number of aryl methyl sites for hydroxylation is 1. The van der Waals surface area contributed by atoms with Crippen LogP contribution in [0.15, 0.2) is 16.5 Å². The molecule has 2 aromatic rings. The lowest BCUT2D eigenvalue weighted by atomic mass is 9.91. The highest BCUT2D eigenvalue weighted by Gasteiger charge is 2.48. The molecule has 1 fully saturated rings. The van der Waals surface area contributed by atoms with Crippen molar-refractivity contribution < 1.29 is 14.0 Å². The number of hydrogen-bond acceptors (Lipinski definition) is 4. The Morgan fingerprint density at radius 3 is 2.61 bits per heavy atom. The molecule has 3 heterocycles. The molecule has 0 aromatic carbocycles. The van der Waals surface area contributed by atoms with Crippen molar-refractivity contribution in [3.05, 3.63) is 23.6 Å². The van der Waals surface area contributed by atoms with Crippen LogP contribution in [0.3, 0.4) is 0 Å². The first-order chi connectivity index (χ1) is 14.9. The number of fused-ring (bicyclic) bond motifs is 3. The molecule has 1 atom stereocenters. The van der Waals surface area contributed by atoms with Crippen LogP contribution in [0.1, 0.15) is 69.1 Å². The van der Waals surface area contributed by atoms with Crippen molar-refractivity contribution in [1.29, 1.82) is 0 Å². The molecular formula is C24H36N4O3. The summed E-state index contributed by atoms with van der Waals surface area (Å²) >= 11 is 0. The van der Waals surface area contributed by atoms with Gasteiger partial charge in [-0.3, -0.25) is 9.59 Å². The second-order valence-corrected chi connectivity index (χ2v) is 9.29. The maximum atomic E-state index is 13.6. The van der Waals surface area contributed by atoms with E-state index >= 15 is 0 Å². The zero-order valence-corrected chi connectivity index (χ0v) is 19.4. The SMILES string of the molecule is CCN(CC)CCN1C(=O)c2cc3oc(C)cc3n2CC1(C)C(=O)NC1CCCCC1. The highest BCUT2D eigenvalue weighted by atomic mass is 16.3. The second-order valence-electron chi connectivity index (χ2n) is 9.29. The van der Waals surface area contributed by atoms with E-state index in [2.05, 4.69) is 24.1 Å². The molecule has 1 N–H and O–H groups in total. The van der Waals surface area contributed by atoms with Crippen molar-refractivity contribution in [3.8, 4) is 0 Å². The van der Waals surface area contributed by atoms with E-state index in [1.54, 1.807) is 4.90 Å².